The average molecular weight is 531 g/mol. The van der Waals surface area contributed by atoms with Gasteiger partial charge in [-0.3, -0.25) is 14.4 Å². The second-order valence-corrected chi connectivity index (χ2v) is 11.8. The van der Waals surface area contributed by atoms with E-state index >= 15 is 0 Å². The second kappa shape index (κ2) is 8.87. The number of rotatable bonds is 3. The summed E-state index contributed by atoms with van der Waals surface area (Å²) in [5.41, 5.74) is 7.07. The molecule has 3 atom stereocenters. The van der Waals surface area contributed by atoms with Crippen molar-refractivity contribution in [1.82, 2.24) is 4.57 Å². The molecule has 0 N–H and O–H groups in total. The van der Waals surface area contributed by atoms with Crippen LogP contribution in [-0.4, -0.2) is 10.6 Å². The molecule has 2 heterocycles. The number of fused-ring (bicyclic) bond motifs is 4. The van der Waals surface area contributed by atoms with Crippen LogP contribution in [0.15, 0.2) is 142 Å². The number of hydrogen-bond donors (Lipinski definition) is 0. The maximum absolute atomic E-state index is 14.5. The van der Waals surface area contributed by atoms with E-state index in [1.807, 2.05) is 28.8 Å². The minimum absolute atomic E-state index is 0.0174. The Balaban J connectivity index is 1.43. The van der Waals surface area contributed by atoms with E-state index in [9.17, 15) is 4.79 Å². The normalized spacial score (nSPS) is 23.0. The zero-order valence-electron chi connectivity index (χ0n) is 23.2. The molecule has 3 aliphatic rings. The second-order valence-electron chi connectivity index (χ2n) is 11.8. The zero-order valence-corrected chi connectivity index (χ0v) is 23.2. The Bertz CT molecular complexity index is 2110. The highest BCUT2D eigenvalue weighted by atomic mass is 16.1. The van der Waals surface area contributed by atoms with Gasteiger partial charge in [-0.15, -0.1) is 0 Å². The van der Waals surface area contributed by atoms with Crippen LogP contribution in [0.2, 0.25) is 0 Å². The Labute approximate surface area is 239 Å². The molecule has 0 spiro atoms. The summed E-state index contributed by atoms with van der Waals surface area (Å²) < 4.78 is 1.97. The maximum atomic E-state index is 14.5. The molecule has 5 aromatic rings. The predicted octanol–water partition coefficient (Wildman–Crippen LogP) is 7.80. The molecule has 0 bridgehead atoms. The van der Waals surface area contributed by atoms with Crippen molar-refractivity contribution in [3.8, 4) is 11.1 Å². The molecule has 3 heteroatoms. The summed E-state index contributed by atoms with van der Waals surface area (Å²) in [6, 6.07) is 31.2. The maximum Gasteiger partial charge on any atom is 0.260 e. The van der Waals surface area contributed by atoms with E-state index in [0.717, 1.165) is 61.3 Å². The summed E-state index contributed by atoms with van der Waals surface area (Å²) >= 11 is 0. The number of nitrogens with zero attached hydrogens (tertiary/aromatic N) is 2. The van der Waals surface area contributed by atoms with Crippen LogP contribution < -0.4 is 11.0 Å². The lowest BCUT2D eigenvalue weighted by Gasteiger charge is -2.36. The first-order chi connectivity index (χ1) is 20.0. The quantitative estimate of drug-likeness (QED) is 0.234. The first kappa shape index (κ1) is 24.1. The van der Waals surface area contributed by atoms with E-state index in [4.69, 9.17) is 4.99 Å². The molecule has 0 amide bonds. The number of benzene rings is 4. The van der Waals surface area contributed by atoms with E-state index in [1.165, 1.54) is 5.57 Å². The highest BCUT2D eigenvalue weighted by molar-refractivity contribution is 6.14. The summed E-state index contributed by atoms with van der Waals surface area (Å²) in [5.74, 6) is 0.534. The van der Waals surface area contributed by atoms with Gasteiger partial charge in [0.25, 0.3) is 5.56 Å². The number of aromatic nitrogens is 1. The molecule has 0 fully saturated rings. The fraction of sp³-hybridized carbons (Fsp3) is 0.158. The van der Waals surface area contributed by atoms with Gasteiger partial charge in [0, 0.05) is 16.2 Å². The van der Waals surface area contributed by atoms with Crippen molar-refractivity contribution < 1.29 is 0 Å². The molecule has 2 aliphatic carbocycles. The molecule has 41 heavy (non-hydrogen) atoms. The third kappa shape index (κ3) is 3.52. The van der Waals surface area contributed by atoms with Gasteiger partial charge in [0.2, 0.25) is 0 Å². The molecular formula is C38H30N2O. The Morgan fingerprint density at radius 1 is 0.805 bits per heavy atom. The Morgan fingerprint density at radius 2 is 1.54 bits per heavy atom. The highest BCUT2D eigenvalue weighted by Crippen LogP contribution is 2.44. The molecule has 1 aromatic heterocycles. The summed E-state index contributed by atoms with van der Waals surface area (Å²) in [7, 11) is 0. The Kier molecular flexibility index (Phi) is 5.21. The van der Waals surface area contributed by atoms with Gasteiger partial charge in [0.05, 0.1) is 5.54 Å². The smallest absolute Gasteiger partial charge is 0.260 e. The van der Waals surface area contributed by atoms with Crippen LogP contribution in [0.5, 0.6) is 0 Å². The average Bonchev–Trinajstić information content (AvgIpc) is 3.33. The fourth-order valence-corrected chi connectivity index (χ4v) is 7.04. The van der Waals surface area contributed by atoms with Gasteiger partial charge in [0.15, 0.2) is 0 Å². The van der Waals surface area contributed by atoms with E-state index in [1.54, 1.807) is 0 Å². The predicted molar refractivity (Wildman–Crippen MR) is 169 cm³/mol. The molecule has 4 aromatic carbocycles. The van der Waals surface area contributed by atoms with E-state index in [-0.39, 0.29) is 11.6 Å². The molecular weight excluding hydrogens is 500 g/mol. The molecule has 1 aliphatic heterocycles. The van der Waals surface area contributed by atoms with Crippen molar-refractivity contribution in [1.29, 1.82) is 0 Å². The van der Waals surface area contributed by atoms with Crippen LogP contribution in [0.4, 0.5) is 0 Å². The summed E-state index contributed by atoms with van der Waals surface area (Å²) in [4.78, 5) is 19.9. The van der Waals surface area contributed by atoms with Gasteiger partial charge in [-0.25, -0.2) is 0 Å². The topological polar surface area (TPSA) is 34.4 Å². The minimum Gasteiger partial charge on any atom is -0.280 e. The standard InChI is InChI=1S/C38H30N2O/c1-24-16-18-25(19-17-24)28-22-33(27-12-7-4-8-13-27)35-38(2,23-28)40-36(39-35)31-21-20-29(26-10-5-3-6-11-26)30-14-9-15-32(34(30)31)37(40)41/h3-16,18-24,35H,17H2,1-2H3. The van der Waals surface area contributed by atoms with Gasteiger partial charge in [-0.1, -0.05) is 104 Å². The van der Waals surface area contributed by atoms with Crippen LogP contribution in [-0.2, 0) is 5.54 Å². The van der Waals surface area contributed by atoms with Crippen molar-refractivity contribution in [2.24, 2.45) is 10.9 Å². The lowest BCUT2D eigenvalue weighted by molar-refractivity contribution is 0.395. The van der Waals surface area contributed by atoms with Crippen molar-refractivity contribution in [3.63, 3.8) is 0 Å². The number of allylic oxidation sites excluding steroid dienone is 6. The van der Waals surface area contributed by atoms with Gasteiger partial charge in [-0.05, 0) is 82.3 Å². The molecule has 3 nitrogen and oxygen atoms in total. The molecule has 0 saturated carbocycles. The number of pyridine rings is 1. The summed E-state index contributed by atoms with van der Waals surface area (Å²) in [5, 5.41) is 3.85. The Morgan fingerprint density at radius 3 is 2.27 bits per heavy atom. The van der Waals surface area contributed by atoms with E-state index in [2.05, 4.69) is 111 Å². The van der Waals surface area contributed by atoms with Crippen molar-refractivity contribution in [2.45, 2.75) is 31.8 Å². The SMILES string of the molecule is CC1C=CC(C2=CC3(C)C(N=c4c5ccc(-c6ccccc6)c6cccc(c(=O)n43)c65)C(c3ccccc3)=C2)=CC1. The molecule has 198 valence electrons. The summed E-state index contributed by atoms with van der Waals surface area (Å²) in [6.45, 7) is 4.42. The third-order valence-electron chi connectivity index (χ3n) is 9.11. The fourth-order valence-electron chi connectivity index (χ4n) is 7.04. The van der Waals surface area contributed by atoms with Crippen molar-refractivity contribution in [3.05, 3.63) is 154 Å². The summed E-state index contributed by atoms with van der Waals surface area (Å²) in [6.07, 6.45) is 12.4. The van der Waals surface area contributed by atoms with E-state index in [0.29, 0.717) is 5.92 Å². The van der Waals surface area contributed by atoms with Crippen LogP contribution in [0.3, 0.4) is 0 Å². The lowest BCUT2D eigenvalue weighted by Crippen LogP contribution is -2.47. The van der Waals surface area contributed by atoms with Crippen LogP contribution in [0.1, 0.15) is 25.8 Å². The monoisotopic (exact) mass is 530 g/mol. The highest BCUT2D eigenvalue weighted by Gasteiger charge is 2.45. The Hall–Kier alpha value is -4.76. The van der Waals surface area contributed by atoms with Crippen molar-refractivity contribution in [2.75, 3.05) is 0 Å². The first-order valence-corrected chi connectivity index (χ1v) is 14.5. The molecule has 0 radical (unpaired) electrons. The van der Waals surface area contributed by atoms with Gasteiger partial charge < -0.3 is 0 Å². The zero-order chi connectivity index (χ0) is 27.7. The van der Waals surface area contributed by atoms with E-state index < -0.39 is 5.54 Å². The van der Waals surface area contributed by atoms with Gasteiger partial charge in [0.1, 0.15) is 11.5 Å². The van der Waals surface area contributed by atoms with Gasteiger partial charge >= 0.3 is 0 Å². The first-order valence-electron chi connectivity index (χ1n) is 14.5. The van der Waals surface area contributed by atoms with Gasteiger partial charge in [-0.2, -0.15) is 0 Å². The van der Waals surface area contributed by atoms with Crippen LogP contribution in [0.25, 0.3) is 38.2 Å². The largest absolute Gasteiger partial charge is 0.280 e. The lowest BCUT2D eigenvalue weighted by atomic mass is 9.76. The van der Waals surface area contributed by atoms with Crippen LogP contribution >= 0.6 is 0 Å². The van der Waals surface area contributed by atoms with Crippen LogP contribution in [0, 0.1) is 5.92 Å². The molecule has 3 unspecified atom stereocenters. The molecule has 8 rings (SSSR count). The van der Waals surface area contributed by atoms with Crippen molar-refractivity contribution >= 4 is 27.1 Å². The molecule has 0 saturated heterocycles. The minimum atomic E-state index is -0.641. The third-order valence-corrected chi connectivity index (χ3v) is 9.11. The number of hydrogen-bond acceptors (Lipinski definition) is 2.